The highest BCUT2D eigenvalue weighted by molar-refractivity contribution is 5.25. The van der Waals surface area contributed by atoms with E-state index in [0.29, 0.717) is 0 Å². The van der Waals surface area contributed by atoms with Crippen LogP contribution in [0.15, 0.2) is 22.8 Å². The Labute approximate surface area is 83.9 Å². The van der Waals surface area contributed by atoms with Crippen LogP contribution < -0.4 is 0 Å². The van der Waals surface area contributed by atoms with Gasteiger partial charge in [-0.05, 0) is 45.1 Å². The largest absolute Gasteiger partial charge is 0.468 e. The molecule has 0 saturated carbocycles. The maximum atomic E-state index is 9.27. The number of hydrogen-bond acceptors (Lipinski definition) is 3. The Balaban J connectivity index is 2.24. The van der Waals surface area contributed by atoms with E-state index in [0.717, 1.165) is 31.7 Å². The molecule has 0 unspecified atom stereocenters. The van der Waals surface area contributed by atoms with Crippen LogP contribution in [0.5, 0.6) is 0 Å². The summed E-state index contributed by atoms with van der Waals surface area (Å²) >= 11 is 0. The molecule has 1 aromatic heterocycles. The van der Waals surface area contributed by atoms with Gasteiger partial charge in [0.2, 0.25) is 0 Å². The van der Waals surface area contributed by atoms with E-state index in [1.807, 2.05) is 12.1 Å². The van der Waals surface area contributed by atoms with E-state index in [-0.39, 0.29) is 5.41 Å². The van der Waals surface area contributed by atoms with Gasteiger partial charge in [0.1, 0.15) is 11.2 Å². The first kappa shape index (κ1) is 9.29. The monoisotopic (exact) mass is 190 g/mol. The minimum absolute atomic E-state index is 0.379. The van der Waals surface area contributed by atoms with Gasteiger partial charge in [0.25, 0.3) is 0 Å². The SMILES string of the molecule is CN1CCC(C#N)(c2ccco2)CC1. The highest BCUT2D eigenvalue weighted by atomic mass is 16.3. The molecule has 2 heterocycles. The summed E-state index contributed by atoms with van der Waals surface area (Å²) in [4.78, 5) is 2.25. The number of hydrogen-bond donors (Lipinski definition) is 0. The molecule has 14 heavy (non-hydrogen) atoms. The molecule has 0 radical (unpaired) electrons. The van der Waals surface area contributed by atoms with Crippen molar-refractivity contribution in [1.82, 2.24) is 4.90 Å². The van der Waals surface area contributed by atoms with Gasteiger partial charge in [0.05, 0.1) is 12.3 Å². The summed E-state index contributed by atoms with van der Waals surface area (Å²) < 4.78 is 5.36. The Bertz CT molecular complexity index is 329. The second kappa shape index (κ2) is 3.47. The van der Waals surface area contributed by atoms with Gasteiger partial charge in [-0.1, -0.05) is 0 Å². The molecule has 1 saturated heterocycles. The fraction of sp³-hybridized carbons (Fsp3) is 0.545. The summed E-state index contributed by atoms with van der Waals surface area (Å²) in [5, 5.41) is 9.27. The van der Waals surface area contributed by atoms with Gasteiger partial charge in [0, 0.05) is 0 Å². The third-order valence-corrected chi connectivity index (χ3v) is 3.05. The fourth-order valence-electron chi connectivity index (χ4n) is 1.96. The van der Waals surface area contributed by atoms with Crippen molar-refractivity contribution in [1.29, 1.82) is 5.26 Å². The third kappa shape index (κ3) is 1.42. The van der Waals surface area contributed by atoms with Crippen LogP contribution >= 0.6 is 0 Å². The Morgan fingerprint density at radius 1 is 1.50 bits per heavy atom. The average Bonchev–Trinajstić information content (AvgIpc) is 2.73. The van der Waals surface area contributed by atoms with Crippen LogP contribution in [0.25, 0.3) is 0 Å². The van der Waals surface area contributed by atoms with Crippen molar-refractivity contribution in [2.45, 2.75) is 18.3 Å². The summed E-state index contributed by atoms with van der Waals surface area (Å²) in [6.45, 7) is 1.93. The van der Waals surface area contributed by atoms with Gasteiger partial charge in [0.15, 0.2) is 0 Å². The van der Waals surface area contributed by atoms with Crippen LogP contribution in [0.2, 0.25) is 0 Å². The second-order valence-corrected chi connectivity index (χ2v) is 3.97. The van der Waals surface area contributed by atoms with Gasteiger partial charge < -0.3 is 9.32 Å². The first-order valence-electron chi connectivity index (χ1n) is 4.91. The van der Waals surface area contributed by atoms with E-state index in [2.05, 4.69) is 18.0 Å². The average molecular weight is 190 g/mol. The third-order valence-electron chi connectivity index (χ3n) is 3.05. The zero-order chi connectivity index (χ0) is 10.0. The first-order chi connectivity index (χ1) is 6.77. The summed E-state index contributed by atoms with van der Waals surface area (Å²) in [5.41, 5.74) is -0.379. The Hall–Kier alpha value is -1.27. The number of rotatable bonds is 1. The normalized spacial score (nSPS) is 21.7. The van der Waals surface area contributed by atoms with E-state index in [4.69, 9.17) is 4.42 Å². The van der Waals surface area contributed by atoms with Crippen LogP contribution in [0.1, 0.15) is 18.6 Å². The molecule has 0 spiro atoms. The van der Waals surface area contributed by atoms with E-state index in [9.17, 15) is 5.26 Å². The van der Waals surface area contributed by atoms with Crippen LogP contribution in [-0.2, 0) is 5.41 Å². The molecule has 0 amide bonds. The molecular weight excluding hydrogens is 176 g/mol. The Morgan fingerprint density at radius 2 is 2.21 bits per heavy atom. The maximum Gasteiger partial charge on any atom is 0.124 e. The fourth-order valence-corrected chi connectivity index (χ4v) is 1.96. The van der Waals surface area contributed by atoms with Crippen molar-refractivity contribution in [2.24, 2.45) is 0 Å². The zero-order valence-corrected chi connectivity index (χ0v) is 8.36. The molecule has 0 atom stereocenters. The van der Waals surface area contributed by atoms with Crippen molar-refractivity contribution in [3.63, 3.8) is 0 Å². The number of piperidine rings is 1. The van der Waals surface area contributed by atoms with E-state index >= 15 is 0 Å². The molecule has 1 aliphatic heterocycles. The van der Waals surface area contributed by atoms with Gasteiger partial charge in [-0.15, -0.1) is 0 Å². The van der Waals surface area contributed by atoms with E-state index in [1.54, 1.807) is 6.26 Å². The summed E-state index contributed by atoms with van der Waals surface area (Å²) in [5.74, 6) is 0.827. The molecule has 0 aromatic carbocycles. The standard InChI is InChI=1S/C11H14N2O/c1-13-6-4-11(9-12,5-7-13)10-3-2-8-14-10/h2-3,8H,4-7H2,1H3. The van der Waals surface area contributed by atoms with Gasteiger partial charge in [-0.2, -0.15) is 5.26 Å². The van der Waals surface area contributed by atoms with Crippen molar-refractivity contribution in [3.05, 3.63) is 24.2 Å². The molecule has 3 heteroatoms. The molecule has 0 aliphatic carbocycles. The summed E-state index contributed by atoms with van der Waals surface area (Å²) in [6.07, 6.45) is 3.38. The van der Waals surface area contributed by atoms with Crippen LogP contribution in [0, 0.1) is 11.3 Å². The van der Waals surface area contributed by atoms with Crippen molar-refractivity contribution >= 4 is 0 Å². The topological polar surface area (TPSA) is 40.2 Å². The van der Waals surface area contributed by atoms with Crippen molar-refractivity contribution in [3.8, 4) is 6.07 Å². The Morgan fingerprint density at radius 3 is 2.71 bits per heavy atom. The molecule has 1 aromatic rings. The van der Waals surface area contributed by atoms with Crippen LogP contribution in [0.4, 0.5) is 0 Å². The minimum Gasteiger partial charge on any atom is -0.468 e. The lowest BCUT2D eigenvalue weighted by atomic mass is 9.78. The molecule has 74 valence electrons. The lowest BCUT2D eigenvalue weighted by Gasteiger charge is -2.33. The molecule has 1 aliphatic rings. The molecular formula is C11H14N2O. The number of nitrogens with zero attached hydrogens (tertiary/aromatic N) is 2. The smallest absolute Gasteiger partial charge is 0.124 e. The highest BCUT2D eigenvalue weighted by Crippen LogP contribution is 2.34. The van der Waals surface area contributed by atoms with Crippen LogP contribution in [0.3, 0.4) is 0 Å². The maximum absolute atomic E-state index is 9.27. The van der Waals surface area contributed by atoms with Crippen LogP contribution in [-0.4, -0.2) is 25.0 Å². The lowest BCUT2D eigenvalue weighted by molar-refractivity contribution is 0.203. The second-order valence-electron chi connectivity index (χ2n) is 3.97. The predicted octanol–water partition coefficient (Wildman–Crippen LogP) is 1.77. The number of likely N-dealkylation sites (tertiary alicyclic amines) is 1. The van der Waals surface area contributed by atoms with Gasteiger partial charge >= 0.3 is 0 Å². The van der Waals surface area contributed by atoms with Crippen molar-refractivity contribution in [2.75, 3.05) is 20.1 Å². The molecule has 3 nitrogen and oxygen atoms in total. The lowest BCUT2D eigenvalue weighted by Crippen LogP contribution is -2.39. The molecule has 0 bridgehead atoms. The first-order valence-corrected chi connectivity index (χ1v) is 4.91. The minimum atomic E-state index is -0.379. The molecule has 1 fully saturated rings. The summed E-state index contributed by atoms with van der Waals surface area (Å²) in [7, 11) is 2.09. The number of nitriles is 1. The Kier molecular flexibility index (Phi) is 2.30. The van der Waals surface area contributed by atoms with E-state index < -0.39 is 0 Å². The zero-order valence-electron chi connectivity index (χ0n) is 8.36. The molecule has 2 rings (SSSR count). The highest BCUT2D eigenvalue weighted by Gasteiger charge is 2.37. The quantitative estimate of drug-likeness (QED) is 0.677. The number of furan rings is 1. The van der Waals surface area contributed by atoms with E-state index in [1.165, 1.54) is 0 Å². The van der Waals surface area contributed by atoms with Gasteiger partial charge in [-0.3, -0.25) is 0 Å². The summed E-state index contributed by atoms with van der Waals surface area (Å²) in [6, 6.07) is 6.19. The van der Waals surface area contributed by atoms with Gasteiger partial charge in [-0.25, -0.2) is 0 Å². The van der Waals surface area contributed by atoms with Crippen molar-refractivity contribution < 1.29 is 4.42 Å². The molecule has 0 N–H and O–H groups in total. The predicted molar refractivity (Wildman–Crippen MR) is 52.7 cm³/mol.